The number of aromatic carboxylic acids is 1. The number of unbranched alkanes of at least 4 members (excludes halogenated alkanes) is 2. The highest BCUT2D eigenvalue weighted by Crippen LogP contribution is 2.72. The zero-order valence-electron chi connectivity index (χ0n) is 62.1. The number of rotatable bonds is 34. The van der Waals surface area contributed by atoms with E-state index in [1.807, 2.05) is 41.9 Å². The van der Waals surface area contributed by atoms with Crippen LogP contribution in [0.15, 0.2) is 97.2 Å². The molecule has 1 saturated heterocycles. The van der Waals surface area contributed by atoms with Crippen molar-refractivity contribution in [3.8, 4) is 11.1 Å². The highest BCUT2D eigenvalue weighted by molar-refractivity contribution is 7.85. The number of benzene rings is 3. The molecule has 28 nitrogen and oxygen atoms in total. The topological polar surface area (TPSA) is 372 Å². The Balaban J connectivity index is 0.623. The molecule has 4 saturated carbocycles. The number of thiazole rings is 1. The second kappa shape index (κ2) is 33.2. The minimum atomic E-state index is -4.32. The molecule has 3 aromatic heterocycles. The molecule has 9 N–H and O–H groups in total. The summed E-state index contributed by atoms with van der Waals surface area (Å²) in [5.74, 6) is -3.58. The number of carboxylic acids is 1. The lowest BCUT2D eigenvalue weighted by molar-refractivity contribution is -0.249. The van der Waals surface area contributed by atoms with Crippen molar-refractivity contribution in [1.82, 2.24) is 50.4 Å². The number of carbonyl (C=O) groups excluding carboxylic acids is 7. The molecule has 108 heavy (non-hydrogen) atoms. The molecule has 13 rings (SSSR count). The number of likely N-dealkylation sites (tertiary alicyclic amines) is 1. The van der Waals surface area contributed by atoms with E-state index in [0.717, 1.165) is 82.0 Å². The minimum absolute atomic E-state index is 0.0186. The van der Waals surface area contributed by atoms with Crippen molar-refractivity contribution in [2.75, 3.05) is 73.7 Å². The number of carboxylic acid groups (broad SMARTS) is 1. The van der Waals surface area contributed by atoms with Gasteiger partial charge in [-0.3, -0.25) is 43.0 Å². The molecule has 3 aliphatic heterocycles. The first kappa shape index (κ1) is 78.2. The molecular formula is C78H100N14O14S2. The van der Waals surface area contributed by atoms with E-state index < -0.39 is 63.5 Å². The zero-order chi connectivity index (χ0) is 76.7. The number of anilines is 3. The number of hydrogen-bond acceptors (Lipinski definition) is 19. The lowest BCUT2D eigenvalue weighted by atomic mass is 9.39. The Labute approximate surface area is 633 Å². The lowest BCUT2D eigenvalue weighted by Gasteiger charge is -2.69. The van der Waals surface area contributed by atoms with E-state index in [9.17, 15) is 56.4 Å². The predicted molar refractivity (Wildman–Crippen MR) is 408 cm³/mol. The van der Waals surface area contributed by atoms with Gasteiger partial charge in [0.15, 0.2) is 10.8 Å². The number of urea groups is 1. The second-order valence-electron chi connectivity index (χ2n) is 31.5. The zero-order valence-corrected chi connectivity index (χ0v) is 63.7. The van der Waals surface area contributed by atoms with Gasteiger partial charge in [-0.25, -0.2) is 24.4 Å². The van der Waals surface area contributed by atoms with Crippen LogP contribution in [-0.4, -0.2) is 182 Å². The summed E-state index contributed by atoms with van der Waals surface area (Å²) >= 11 is 1.62. The predicted octanol–water partition coefficient (Wildman–Crippen LogP) is 9.36. The first-order chi connectivity index (χ1) is 51.5. The molecule has 4 atom stereocenters. The number of pyridine rings is 1. The van der Waals surface area contributed by atoms with Crippen molar-refractivity contribution in [2.24, 2.45) is 27.9 Å². The van der Waals surface area contributed by atoms with Gasteiger partial charge in [-0.05, 0) is 171 Å². The largest absolute Gasteiger partial charge is 0.476 e. The standard InChI is InChI=1S/C78H100N14O14S2/c1-50(2)67(87-64(93)18-7-6-10-31-91-65(94)25-26-66(91)95)70(97)84-61(16-12-30-80-72(79)100)69(96)83-55-21-19-52(20-22-55)42-105-74(101)89-33-28-56(29-34-89)88(36-38-108(102,103)104)35-37-106-78-46-75(4)43-76(5,47-78)45-77(44-75,48-78)49-92-51(3)58(40-82-92)57-23-24-63(86-68(57)71(98)99)90-32-27-53-13-11-14-54(59(53)41-90)39-81-73-85-60-15-8-9-17-62(60)107-73/h8-9,11,13-15,17,19-26,40,50,56,61,67H,6-7,10,12,16,18,27-39,41-49H2,1-5H3,(H,81,85)(H,83,96)(H,84,97)(H,87,93)(H,98,99)(H3,79,80,100)(H,102,103,104)/t61-,67-,75?,76?,77?,78?/m0/s1. The van der Waals surface area contributed by atoms with Crippen LogP contribution in [0.3, 0.4) is 0 Å². The van der Waals surface area contributed by atoms with Crippen molar-refractivity contribution < 1.29 is 65.9 Å². The van der Waals surface area contributed by atoms with Crippen LogP contribution in [0.5, 0.6) is 0 Å². The van der Waals surface area contributed by atoms with Gasteiger partial charge in [0.1, 0.15) is 24.5 Å². The molecule has 8 amide bonds. The molecule has 4 bridgehead atoms. The third-order valence-electron chi connectivity index (χ3n) is 22.3. The maximum absolute atomic E-state index is 13.8. The number of piperidine rings is 1. The van der Waals surface area contributed by atoms with Gasteiger partial charge in [-0.2, -0.15) is 13.5 Å². The third kappa shape index (κ3) is 19.2. The van der Waals surface area contributed by atoms with E-state index in [1.165, 1.54) is 23.3 Å². The normalized spacial score (nSPS) is 21.7. The first-order valence-electron chi connectivity index (χ1n) is 37.5. The average molecular weight is 1520 g/mol. The maximum atomic E-state index is 13.8. The van der Waals surface area contributed by atoms with Crippen molar-refractivity contribution in [3.05, 3.63) is 131 Å². The Morgan fingerprint density at radius 3 is 2.26 bits per heavy atom. The Kier molecular flexibility index (Phi) is 24.1. The Hall–Kier alpha value is -9.36. The molecule has 4 aliphatic carbocycles. The van der Waals surface area contributed by atoms with Crippen LogP contribution in [0.1, 0.15) is 156 Å². The number of nitrogens with zero attached hydrogens (tertiary/aromatic N) is 8. The Bertz CT molecular complexity index is 4430. The van der Waals surface area contributed by atoms with Crippen LogP contribution >= 0.6 is 11.3 Å². The van der Waals surface area contributed by atoms with Crippen molar-refractivity contribution in [3.63, 3.8) is 0 Å². The van der Waals surface area contributed by atoms with Crippen LogP contribution in [0, 0.1) is 29.1 Å². The van der Waals surface area contributed by atoms with Crippen molar-refractivity contribution in [1.29, 1.82) is 0 Å². The Morgan fingerprint density at radius 1 is 0.815 bits per heavy atom. The Morgan fingerprint density at radius 2 is 1.56 bits per heavy atom. The fourth-order valence-electron chi connectivity index (χ4n) is 18.3. The van der Waals surface area contributed by atoms with Gasteiger partial charge in [-0.15, -0.1) is 0 Å². The fourth-order valence-corrected chi connectivity index (χ4v) is 19.7. The van der Waals surface area contributed by atoms with E-state index in [1.54, 1.807) is 60.5 Å². The van der Waals surface area contributed by atoms with E-state index >= 15 is 0 Å². The first-order valence-corrected chi connectivity index (χ1v) is 40.0. The van der Waals surface area contributed by atoms with Gasteiger partial charge in [0, 0.05) is 113 Å². The number of fused-ring (bicyclic) bond motifs is 2. The van der Waals surface area contributed by atoms with Crippen LogP contribution in [-0.2, 0) is 76.2 Å². The molecule has 7 aliphatic rings. The molecule has 6 heterocycles. The van der Waals surface area contributed by atoms with Crippen molar-refractivity contribution in [2.45, 2.75) is 181 Å². The SMILES string of the molecule is Cc1c(-c2ccc(N3CCc4cccc(CNc5nc6ccccc6s5)c4C3)nc2C(=O)O)cnn1CC12CC3(C)CC(C)(C1)CC(OCCN(CCS(=O)(=O)O)C1CCN(C(=O)OCc4ccc(NC(=O)[C@H](CCCNC(N)=O)NC(=O)[C@@H](NC(=O)CCCCCN5C(=O)C=CC5=O)C(C)C)cc4)CC1)(C3)C2. The summed E-state index contributed by atoms with van der Waals surface area (Å²) in [6.45, 7) is 14.5. The number of nitrogens with two attached hydrogens (primary N) is 1. The quantitative estimate of drug-likeness (QED) is 0.0106. The van der Waals surface area contributed by atoms with E-state index in [-0.39, 0.29) is 97.1 Å². The number of ether oxygens (including phenoxy) is 2. The van der Waals surface area contributed by atoms with E-state index in [4.69, 9.17) is 30.3 Å². The highest BCUT2D eigenvalue weighted by atomic mass is 32.2. The molecule has 5 fully saturated rings. The summed E-state index contributed by atoms with van der Waals surface area (Å²) in [7, 11) is -4.32. The molecule has 0 spiro atoms. The van der Waals surface area contributed by atoms with Crippen molar-refractivity contribution >= 4 is 95.9 Å². The summed E-state index contributed by atoms with van der Waals surface area (Å²) in [5, 5.41) is 31.1. The minimum Gasteiger partial charge on any atom is -0.476 e. The molecule has 6 aromatic rings. The van der Waals surface area contributed by atoms with Crippen LogP contribution < -0.4 is 37.2 Å². The number of carbonyl (C=O) groups is 8. The lowest BCUT2D eigenvalue weighted by Crippen LogP contribution is -2.64. The number of aromatic nitrogens is 4. The van der Waals surface area contributed by atoms with Gasteiger partial charge in [-0.1, -0.05) is 87.9 Å². The number of hydrogen-bond donors (Lipinski definition) is 8. The molecule has 2 unspecified atom stereocenters. The third-order valence-corrected chi connectivity index (χ3v) is 24.0. The summed E-state index contributed by atoms with van der Waals surface area (Å²) in [6.07, 6.45) is 13.1. The molecule has 0 radical (unpaired) electrons. The summed E-state index contributed by atoms with van der Waals surface area (Å²) in [5.41, 5.74) is 12.2. The number of amides is 8. The van der Waals surface area contributed by atoms with Gasteiger partial charge < -0.3 is 56.7 Å². The number of imide groups is 1. The molecule has 3 aromatic carbocycles. The van der Waals surface area contributed by atoms with E-state index in [0.29, 0.717) is 107 Å². The van der Waals surface area contributed by atoms with Gasteiger partial charge in [0.05, 0.1) is 34.4 Å². The van der Waals surface area contributed by atoms with E-state index in [2.05, 4.69) is 74.5 Å². The second-order valence-corrected chi connectivity index (χ2v) is 34.1. The van der Waals surface area contributed by atoms with Gasteiger partial charge in [0.25, 0.3) is 21.9 Å². The monoisotopic (exact) mass is 1520 g/mol. The molecule has 578 valence electrons. The molecular weight excluding hydrogens is 1420 g/mol. The summed E-state index contributed by atoms with van der Waals surface area (Å²) in [4.78, 5) is 119. The van der Waals surface area contributed by atoms with Gasteiger partial charge >= 0.3 is 18.1 Å². The molecule has 30 heteroatoms. The summed E-state index contributed by atoms with van der Waals surface area (Å²) in [6, 6.07) is 22.0. The smallest absolute Gasteiger partial charge is 0.410 e. The van der Waals surface area contributed by atoms with Crippen LogP contribution in [0.4, 0.5) is 26.2 Å². The summed E-state index contributed by atoms with van der Waals surface area (Å²) < 4.78 is 50.7. The number of nitrogens with one attached hydrogen (secondary N) is 5. The highest BCUT2D eigenvalue weighted by Gasteiger charge is 2.66. The fraction of sp³-hybridized carbons (Fsp3) is 0.526. The van der Waals surface area contributed by atoms with Crippen LogP contribution in [0.2, 0.25) is 0 Å². The number of para-hydroxylation sites is 1. The average Bonchev–Trinajstić information content (AvgIpc) is 0.830. The maximum Gasteiger partial charge on any atom is 0.410 e. The number of primary amides is 1. The van der Waals surface area contributed by atoms with Crippen LogP contribution in [0.25, 0.3) is 21.3 Å². The van der Waals surface area contributed by atoms with Gasteiger partial charge in [0.2, 0.25) is 17.7 Å².